The third-order valence-electron chi connectivity index (χ3n) is 1.27. The van der Waals surface area contributed by atoms with Crippen LogP contribution in [0.3, 0.4) is 0 Å². The van der Waals surface area contributed by atoms with Gasteiger partial charge in [0.1, 0.15) is 0 Å². The molecule has 1 aliphatic rings. The third-order valence-corrected chi connectivity index (χ3v) is 1.27. The zero-order valence-electron chi connectivity index (χ0n) is 6.20. The van der Waals surface area contributed by atoms with Gasteiger partial charge in [0.15, 0.2) is 0 Å². The van der Waals surface area contributed by atoms with E-state index in [2.05, 4.69) is 13.5 Å². The van der Waals surface area contributed by atoms with Crippen LogP contribution in [0.5, 0.6) is 0 Å². The molecule has 0 N–H and O–H groups in total. The molecule has 48 valence electrons. The minimum atomic E-state index is 0.907. The molecule has 1 fully saturated rings. The number of allylic oxidation sites excluding steroid dienone is 1. The van der Waals surface area contributed by atoms with Crippen LogP contribution in [0.15, 0.2) is 12.2 Å². The molecule has 8 heavy (non-hydrogen) atoms. The predicted molar refractivity (Wildman–Crippen MR) is 38.9 cm³/mol. The minimum absolute atomic E-state index is 0.907. The van der Waals surface area contributed by atoms with Crippen molar-refractivity contribution in [2.75, 3.05) is 0 Å². The normalized spacial score (nSPS) is 16.4. The van der Waals surface area contributed by atoms with E-state index in [0.717, 1.165) is 5.92 Å². The van der Waals surface area contributed by atoms with Crippen LogP contribution in [0.2, 0.25) is 0 Å². The molecule has 0 aromatic carbocycles. The van der Waals surface area contributed by atoms with Crippen molar-refractivity contribution in [3.8, 4) is 0 Å². The van der Waals surface area contributed by atoms with Crippen LogP contribution in [0.4, 0.5) is 0 Å². The van der Waals surface area contributed by atoms with E-state index in [4.69, 9.17) is 0 Å². The highest BCUT2D eigenvalue weighted by atomic mass is 14.3. The molecule has 0 heteroatoms. The van der Waals surface area contributed by atoms with Crippen molar-refractivity contribution in [2.45, 2.75) is 33.6 Å². The van der Waals surface area contributed by atoms with Gasteiger partial charge in [0.2, 0.25) is 0 Å². The second-order valence-corrected chi connectivity index (χ2v) is 2.12. The Kier molecular flexibility index (Phi) is 3.59. The molecular formula is C8H16. The fourth-order valence-corrected chi connectivity index (χ4v) is 0.576. The summed E-state index contributed by atoms with van der Waals surface area (Å²) in [6.45, 7) is 9.93. The Bertz CT molecular complexity index is 68.1. The Morgan fingerprint density at radius 2 is 1.75 bits per heavy atom. The Morgan fingerprint density at radius 1 is 1.38 bits per heavy atom. The van der Waals surface area contributed by atoms with E-state index in [0.29, 0.717) is 0 Å². The lowest BCUT2D eigenvalue weighted by molar-refractivity contribution is 1.02. The van der Waals surface area contributed by atoms with Gasteiger partial charge in [-0.25, -0.2) is 0 Å². The van der Waals surface area contributed by atoms with Gasteiger partial charge < -0.3 is 0 Å². The molecule has 0 radical (unpaired) electrons. The van der Waals surface area contributed by atoms with Crippen molar-refractivity contribution in [1.29, 1.82) is 0 Å². The SMILES string of the molecule is C=C(C)C1CC1.CC. The van der Waals surface area contributed by atoms with Crippen molar-refractivity contribution >= 4 is 0 Å². The molecule has 0 bridgehead atoms. The quantitative estimate of drug-likeness (QED) is 0.457. The highest BCUT2D eigenvalue weighted by Gasteiger charge is 2.20. The molecule has 0 atom stereocenters. The monoisotopic (exact) mass is 112 g/mol. The molecule has 0 amide bonds. The average molecular weight is 112 g/mol. The van der Waals surface area contributed by atoms with Gasteiger partial charge >= 0.3 is 0 Å². The Labute approximate surface area is 52.6 Å². The van der Waals surface area contributed by atoms with Crippen molar-refractivity contribution in [2.24, 2.45) is 5.92 Å². The molecule has 0 aromatic heterocycles. The van der Waals surface area contributed by atoms with Gasteiger partial charge in [-0.2, -0.15) is 0 Å². The first-order valence-corrected chi connectivity index (χ1v) is 3.46. The Hall–Kier alpha value is -0.260. The summed E-state index contributed by atoms with van der Waals surface area (Å²) in [5.41, 5.74) is 1.37. The first-order valence-electron chi connectivity index (χ1n) is 3.46. The van der Waals surface area contributed by atoms with Crippen LogP contribution in [0, 0.1) is 5.92 Å². The molecule has 1 aliphatic carbocycles. The molecule has 0 unspecified atom stereocenters. The second kappa shape index (κ2) is 3.71. The first-order chi connectivity index (χ1) is 3.80. The summed E-state index contributed by atoms with van der Waals surface area (Å²) in [4.78, 5) is 0. The maximum absolute atomic E-state index is 3.82. The number of hydrogen-bond acceptors (Lipinski definition) is 0. The molecule has 0 nitrogen and oxygen atoms in total. The van der Waals surface area contributed by atoms with Gasteiger partial charge in [0, 0.05) is 0 Å². The van der Waals surface area contributed by atoms with Gasteiger partial charge in [-0.3, -0.25) is 0 Å². The predicted octanol–water partition coefficient (Wildman–Crippen LogP) is 3.00. The van der Waals surface area contributed by atoms with Gasteiger partial charge in [-0.1, -0.05) is 26.0 Å². The van der Waals surface area contributed by atoms with E-state index < -0.39 is 0 Å². The number of rotatable bonds is 1. The van der Waals surface area contributed by atoms with Gasteiger partial charge in [0.25, 0.3) is 0 Å². The van der Waals surface area contributed by atoms with E-state index in [1.165, 1.54) is 18.4 Å². The fraction of sp³-hybridized carbons (Fsp3) is 0.750. The molecule has 0 aliphatic heterocycles. The zero-order chi connectivity index (χ0) is 6.57. The van der Waals surface area contributed by atoms with Crippen molar-refractivity contribution in [3.63, 3.8) is 0 Å². The summed E-state index contributed by atoms with van der Waals surface area (Å²) < 4.78 is 0. The summed E-state index contributed by atoms with van der Waals surface area (Å²) in [6.07, 6.45) is 2.80. The summed E-state index contributed by atoms with van der Waals surface area (Å²) >= 11 is 0. The maximum Gasteiger partial charge on any atom is -0.0208 e. The fourth-order valence-electron chi connectivity index (χ4n) is 0.576. The van der Waals surface area contributed by atoms with Crippen LogP contribution in [-0.4, -0.2) is 0 Å². The van der Waals surface area contributed by atoms with Crippen molar-refractivity contribution in [3.05, 3.63) is 12.2 Å². The van der Waals surface area contributed by atoms with E-state index in [1.54, 1.807) is 0 Å². The lowest BCUT2D eigenvalue weighted by atomic mass is 10.2. The first kappa shape index (κ1) is 7.74. The van der Waals surface area contributed by atoms with Gasteiger partial charge in [-0.15, -0.1) is 0 Å². The summed E-state index contributed by atoms with van der Waals surface area (Å²) in [7, 11) is 0. The van der Waals surface area contributed by atoms with E-state index in [1.807, 2.05) is 13.8 Å². The van der Waals surface area contributed by atoms with E-state index in [9.17, 15) is 0 Å². The average Bonchev–Trinajstić information content (AvgIpc) is 2.50. The largest absolute Gasteiger partial charge is 0.0999 e. The van der Waals surface area contributed by atoms with E-state index >= 15 is 0 Å². The molecule has 1 rings (SSSR count). The Morgan fingerprint density at radius 3 is 1.75 bits per heavy atom. The molecule has 0 heterocycles. The lowest BCUT2D eigenvalue weighted by Crippen LogP contribution is -1.68. The van der Waals surface area contributed by atoms with Gasteiger partial charge in [-0.05, 0) is 25.7 Å². The lowest BCUT2D eigenvalue weighted by Gasteiger charge is -1.83. The second-order valence-electron chi connectivity index (χ2n) is 2.12. The standard InChI is InChI=1S/C6H10.C2H6/c1-5(2)6-3-4-6;1-2/h6H,1,3-4H2,2H3;1-2H3. The molecule has 1 saturated carbocycles. The van der Waals surface area contributed by atoms with Gasteiger partial charge in [0.05, 0.1) is 0 Å². The molecule has 0 aromatic rings. The molecular weight excluding hydrogens is 96.1 g/mol. The van der Waals surface area contributed by atoms with Crippen LogP contribution in [0.25, 0.3) is 0 Å². The Balaban J connectivity index is 0.000000222. The van der Waals surface area contributed by atoms with Crippen LogP contribution >= 0.6 is 0 Å². The van der Waals surface area contributed by atoms with E-state index in [-0.39, 0.29) is 0 Å². The third kappa shape index (κ3) is 2.84. The zero-order valence-corrected chi connectivity index (χ0v) is 6.20. The highest BCUT2D eigenvalue weighted by Crippen LogP contribution is 2.34. The summed E-state index contributed by atoms with van der Waals surface area (Å²) in [5, 5.41) is 0. The topological polar surface area (TPSA) is 0 Å². The van der Waals surface area contributed by atoms with Crippen LogP contribution in [0.1, 0.15) is 33.6 Å². The molecule has 0 spiro atoms. The highest BCUT2D eigenvalue weighted by molar-refractivity contribution is 5.03. The number of hydrogen-bond donors (Lipinski definition) is 0. The molecule has 0 saturated heterocycles. The van der Waals surface area contributed by atoms with Crippen LogP contribution in [-0.2, 0) is 0 Å². The smallest absolute Gasteiger partial charge is 0.0208 e. The minimum Gasteiger partial charge on any atom is -0.0999 e. The van der Waals surface area contributed by atoms with Crippen LogP contribution < -0.4 is 0 Å². The maximum atomic E-state index is 3.82. The van der Waals surface area contributed by atoms with Crippen molar-refractivity contribution in [1.82, 2.24) is 0 Å². The summed E-state index contributed by atoms with van der Waals surface area (Å²) in [5.74, 6) is 0.907. The van der Waals surface area contributed by atoms with Crippen molar-refractivity contribution < 1.29 is 0 Å². The summed E-state index contributed by atoms with van der Waals surface area (Å²) in [6, 6.07) is 0.